The van der Waals surface area contributed by atoms with Crippen LogP contribution >= 0.6 is 0 Å². The molecule has 0 fully saturated rings. The molecule has 7 aliphatic rings. The summed E-state index contributed by atoms with van der Waals surface area (Å²) in [7, 11) is 0. The summed E-state index contributed by atoms with van der Waals surface area (Å²) in [4.78, 5) is 9.64. The van der Waals surface area contributed by atoms with Crippen molar-refractivity contribution in [2.45, 2.75) is 49.9 Å². The molecule has 0 amide bonds. The summed E-state index contributed by atoms with van der Waals surface area (Å²) >= 11 is 0. The molecule has 0 saturated heterocycles. The van der Waals surface area contributed by atoms with Crippen LogP contribution in [0.4, 0.5) is 22.7 Å². The molecule has 74 heavy (non-hydrogen) atoms. The van der Waals surface area contributed by atoms with Gasteiger partial charge in [0.05, 0.1) is 0 Å². The fraction of sp³-hybridized carbons (Fsp3) is 0.118. The summed E-state index contributed by atoms with van der Waals surface area (Å²) in [5, 5.41) is 2.21. The number of aromatic nitrogens is 2. The van der Waals surface area contributed by atoms with E-state index in [0.29, 0.717) is 11.5 Å². The van der Waals surface area contributed by atoms with E-state index in [1.807, 2.05) is 18.3 Å². The van der Waals surface area contributed by atoms with Crippen LogP contribution in [0.25, 0.3) is 38.8 Å². The number of rotatable bonds is 6. The van der Waals surface area contributed by atoms with Gasteiger partial charge in [-0.3, -0.25) is 0 Å². The van der Waals surface area contributed by atoms with E-state index in [0.717, 1.165) is 50.2 Å². The van der Waals surface area contributed by atoms with E-state index in [2.05, 4.69) is 248 Å². The predicted octanol–water partition coefficient (Wildman–Crippen LogP) is 16.8. The summed E-state index contributed by atoms with van der Waals surface area (Å²) in [5.41, 5.74) is 21.3. The molecule has 9 aromatic carbocycles. The molecule has 0 saturated carbocycles. The Morgan fingerprint density at radius 2 is 1.04 bits per heavy atom. The van der Waals surface area contributed by atoms with Crippen LogP contribution in [0, 0.1) is 18.8 Å². The molecule has 18 rings (SSSR count). The molecular formula is C68H49N4OPt-3. The van der Waals surface area contributed by atoms with Crippen LogP contribution in [-0.2, 0) is 26.5 Å². The van der Waals surface area contributed by atoms with Crippen LogP contribution in [0.2, 0.25) is 0 Å². The van der Waals surface area contributed by atoms with E-state index in [1.165, 1.54) is 61.3 Å². The van der Waals surface area contributed by atoms with Crippen molar-refractivity contribution in [3.63, 3.8) is 0 Å². The summed E-state index contributed by atoms with van der Waals surface area (Å²) in [5.74, 6) is 2.69. The third-order valence-electron chi connectivity index (χ3n) is 16.1. The standard InChI is InChI=1S/C68H49N4O.Pt/c1-68(2,3)44-35-36-69-62(38-44)72-57-34-31-43(42-17-5-4-6-18-42)37-56(57)48-33-32-47(40-61(48)72)73-46-20-15-19-45(39-46)70-41-71(59-29-14-13-28-58(59)70)60-30-16-27-55-65-53-25-11-12-26-54(53)67(66(55)60)64-51-23-9-7-21-49(51)63(65)50-22-8-10-24-52(50)64;/h4-38,41,63-65,67H,1-3H3;/q-3;. The van der Waals surface area contributed by atoms with Crippen molar-refractivity contribution < 1.29 is 25.8 Å². The smallest absolute Gasteiger partial charge is 0.135 e. The van der Waals surface area contributed by atoms with Gasteiger partial charge in [0.25, 0.3) is 0 Å². The third kappa shape index (κ3) is 6.75. The Morgan fingerprint density at radius 1 is 0.473 bits per heavy atom. The van der Waals surface area contributed by atoms with Gasteiger partial charge < -0.3 is 19.1 Å². The van der Waals surface area contributed by atoms with Gasteiger partial charge in [-0.1, -0.05) is 166 Å². The Bertz CT molecular complexity index is 3990. The molecule has 360 valence electrons. The second-order valence-electron chi connectivity index (χ2n) is 21.1. The minimum atomic E-state index is -0.0508. The number of nitrogens with zero attached hydrogens (tertiary/aromatic N) is 4. The first kappa shape index (κ1) is 44.7. The fourth-order valence-corrected chi connectivity index (χ4v) is 13.0. The number of hydrogen-bond donors (Lipinski definition) is 0. The third-order valence-corrected chi connectivity index (χ3v) is 16.1. The molecule has 6 heteroatoms. The number of anilines is 4. The molecule has 2 aromatic heterocycles. The van der Waals surface area contributed by atoms with Gasteiger partial charge in [-0.25, -0.2) is 4.98 Å². The van der Waals surface area contributed by atoms with Crippen LogP contribution in [0.3, 0.4) is 0 Å². The van der Waals surface area contributed by atoms with Crippen LogP contribution in [0.15, 0.2) is 212 Å². The van der Waals surface area contributed by atoms with E-state index >= 15 is 0 Å². The summed E-state index contributed by atoms with van der Waals surface area (Å²) < 4.78 is 9.03. The van der Waals surface area contributed by atoms with Crippen LogP contribution < -0.4 is 14.5 Å². The number of pyridine rings is 1. The van der Waals surface area contributed by atoms with Gasteiger partial charge in [0.1, 0.15) is 5.82 Å². The zero-order valence-electron chi connectivity index (χ0n) is 41.1. The van der Waals surface area contributed by atoms with Crippen LogP contribution in [0.1, 0.15) is 94.5 Å². The van der Waals surface area contributed by atoms with E-state index in [4.69, 9.17) is 9.72 Å². The number of ether oxygens (including phenoxy) is 1. The minimum absolute atomic E-state index is 0. The molecule has 2 unspecified atom stereocenters. The van der Waals surface area contributed by atoms with Gasteiger partial charge in [-0.15, -0.1) is 48.1 Å². The average molecular weight is 1130 g/mol. The first-order valence-electron chi connectivity index (χ1n) is 25.5. The molecule has 0 radical (unpaired) electrons. The second-order valence-corrected chi connectivity index (χ2v) is 21.1. The van der Waals surface area contributed by atoms with E-state index in [1.54, 1.807) is 0 Å². The van der Waals surface area contributed by atoms with Crippen LogP contribution in [0.5, 0.6) is 11.5 Å². The van der Waals surface area contributed by atoms with Gasteiger partial charge in [0.15, 0.2) is 0 Å². The minimum Gasteiger partial charge on any atom is -0.509 e. The summed E-state index contributed by atoms with van der Waals surface area (Å²) in [6, 6.07) is 82.9. The van der Waals surface area contributed by atoms with Gasteiger partial charge >= 0.3 is 0 Å². The van der Waals surface area contributed by atoms with Crippen molar-refractivity contribution >= 4 is 44.6 Å². The van der Waals surface area contributed by atoms with Crippen molar-refractivity contribution in [3.8, 4) is 28.4 Å². The maximum Gasteiger partial charge on any atom is 0.135 e. The zero-order valence-corrected chi connectivity index (χ0v) is 43.4. The molecule has 5 nitrogen and oxygen atoms in total. The molecule has 11 aromatic rings. The van der Waals surface area contributed by atoms with Gasteiger partial charge in [0, 0.05) is 85.0 Å². The Labute approximate surface area is 446 Å². The Hall–Kier alpha value is -7.98. The molecule has 2 atom stereocenters. The quantitative estimate of drug-likeness (QED) is 0.155. The first-order valence-corrected chi connectivity index (χ1v) is 25.5. The van der Waals surface area contributed by atoms with Crippen molar-refractivity contribution in [3.05, 3.63) is 281 Å². The molecule has 0 spiro atoms. The Balaban J connectivity index is 0.00000505. The van der Waals surface area contributed by atoms with Gasteiger partial charge in [-0.2, -0.15) is 12.1 Å². The molecule has 3 heterocycles. The van der Waals surface area contributed by atoms with E-state index < -0.39 is 0 Å². The largest absolute Gasteiger partial charge is 0.509 e. The molecule has 4 bridgehead atoms. The van der Waals surface area contributed by atoms with Crippen molar-refractivity contribution in [2.24, 2.45) is 0 Å². The Morgan fingerprint density at radius 3 is 1.73 bits per heavy atom. The van der Waals surface area contributed by atoms with Gasteiger partial charge in [-0.05, 0) is 108 Å². The van der Waals surface area contributed by atoms with Crippen molar-refractivity contribution in [2.75, 3.05) is 9.80 Å². The predicted molar refractivity (Wildman–Crippen MR) is 295 cm³/mol. The molecule has 6 aliphatic carbocycles. The van der Waals surface area contributed by atoms with E-state index in [9.17, 15) is 0 Å². The van der Waals surface area contributed by atoms with Crippen molar-refractivity contribution in [1.82, 2.24) is 9.55 Å². The molecule has 1 aliphatic heterocycles. The maximum absolute atomic E-state index is 6.80. The number of fused-ring (bicyclic) bond motifs is 4. The number of hydrogen-bond acceptors (Lipinski definition) is 4. The first-order chi connectivity index (χ1) is 35.9. The number of para-hydroxylation sites is 2. The normalized spacial score (nSPS) is 17.7. The van der Waals surface area contributed by atoms with Crippen molar-refractivity contribution in [1.29, 1.82) is 0 Å². The summed E-state index contributed by atoms with van der Waals surface area (Å²) in [6.45, 7) is 8.98. The SMILES string of the molecule is CC(C)(C)c1ccnc(-n2c3[c-]c(Oc4[c-]c(N5[CH-]N(c6cccc7c6C6c8ccccc8C7C7c8ccccc8C6c6ccccc67)c6ccccc65)ccc4)ccc3c3cc(-c4ccccc4)ccc32)c1.[Pt]. The molecule has 0 N–H and O–H groups in total. The average Bonchev–Trinajstić information content (AvgIpc) is 3.99. The van der Waals surface area contributed by atoms with E-state index in [-0.39, 0.29) is 50.2 Å². The second kappa shape index (κ2) is 17.0. The topological polar surface area (TPSA) is 33.5 Å². The summed E-state index contributed by atoms with van der Waals surface area (Å²) in [6.07, 6.45) is 1.92. The monoisotopic (exact) mass is 1130 g/mol. The number of benzene rings is 9. The molecular weight excluding hydrogens is 1080 g/mol. The maximum atomic E-state index is 6.80. The zero-order chi connectivity index (χ0) is 48.5. The Kier molecular flexibility index (Phi) is 10.3. The van der Waals surface area contributed by atoms with Gasteiger partial charge in [0.2, 0.25) is 0 Å². The fourth-order valence-electron chi connectivity index (χ4n) is 13.0. The van der Waals surface area contributed by atoms with Crippen LogP contribution in [-0.4, -0.2) is 9.55 Å².